The number of benzene rings is 2. The standard InChI is InChI=1S/C31H39N3O5/c1-20-17-27(37-5)25(24-13-14-34(28(20)24)30(36)39-31(2,3)4)18-33-16-15-32(23-11-12-23)19-26(33)21-7-9-22(10-8-21)29(35)38-6/h7-10,13-14,17,23,26H,11-12,15-16,18-19H2,1-6H3. The summed E-state index contributed by atoms with van der Waals surface area (Å²) in [6, 6.07) is 12.6. The highest BCUT2D eigenvalue weighted by Gasteiger charge is 2.37. The third-order valence-electron chi connectivity index (χ3n) is 7.70. The van der Waals surface area contributed by atoms with Crippen molar-refractivity contribution in [1.82, 2.24) is 14.4 Å². The zero-order chi connectivity index (χ0) is 27.9. The summed E-state index contributed by atoms with van der Waals surface area (Å²) in [7, 11) is 3.10. The van der Waals surface area contributed by atoms with Crippen molar-refractivity contribution in [1.29, 1.82) is 0 Å². The number of methoxy groups -OCH3 is 2. The van der Waals surface area contributed by atoms with Gasteiger partial charge in [-0.2, -0.15) is 0 Å². The molecule has 5 rings (SSSR count). The number of rotatable bonds is 6. The van der Waals surface area contributed by atoms with Crippen LogP contribution >= 0.6 is 0 Å². The maximum absolute atomic E-state index is 13.0. The number of fused-ring (bicyclic) bond motifs is 1. The van der Waals surface area contributed by atoms with Gasteiger partial charge in [0, 0.05) is 55.4 Å². The van der Waals surface area contributed by atoms with Gasteiger partial charge in [-0.3, -0.25) is 14.4 Å². The molecule has 8 heteroatoms. The number of nitrogens with zero attached hydrogens (tertiary/aromatic N) is 3. The van der Waals surface area contributed by atoms with Crippen LogP contribution in [0.3, 0.4) is 0 Å². The molecule has 2 fully saturated rings. The number of aromatic nitrogens is 1. The summed E-state index contributed by atoms with van der Waals surface area (Å²) in [5.74, 6) is 0.481. The molecule has 1 unspecified atom stereocenters. The average Bonchev–Trinajstić information content (AvgIpc) is 3.66. The van der Waals surface area contributed by atoms with E-state index in [1.165, 1.54) is 25.5 Å². The molecule has 0 radical (unpaired) electrons. The van der Waals surface area contributed by atoms with E-state index in [-0.39, 0.29) is 12.0 Å². The van der Waals surface area contributed by atoms with E-state index in [9.17, 15) is 9.59 Å². The third kappa shape index (κ3) is 5.68. The van der Waals surface area contributed by atoms with E-state index in [2.05, 4.69) is 9.80 Å². The highest BCUT2D eigenvalue weighted by atomic mass is 16.6. The molecule has 2 aromatic carbocycles. The number of piperazine rings is 1. The van der Waals surface area contributed by atoms with Gasteiger partial charge in [0.2, 0.25) is 0 Å². The van der Waals surface area contributed by atoms with Crippen molar-refractivity contribution in [3.05, 3.63) is 64.8 Å². The van der Waals surface area contributed by atoms with Crippen molar-refractivity contribution < 1.29 is 23.8 Å². The van der Waals surface area contributed by atoms with E-state index in [4.69, 9.17) is 14.2 Å². The molecule has 8 nitrogen and oxygen atoms in total. The number of carbonyl (C=O) groups excluding carboxylic acids is 2. The Balaban J connectivity index is 1.51. The van der Waals surface area contributed by atoms with Crippen LogP contribution in [-0.4, -0.2) is 71.9 Å². The largest absolute Gasteiger partial charge is 0.496 e. The lowest BCUT2D eigenvalue weighted by Gasteiger charge is -2.42. The Bertz CT molecular complexity index is 1370. The van der Waals surface area contributed by atoms with E-state index in [0.29, 0.717) is 18.2 Å². The monoisotopic (exact) mass is 533 g/mol. The maximum Gasteiger partial charge on any atom is 0.419 e. The molecule has 208 valence electrons. The summed E-state index contributed by atoms with van der Waals surface area (Å²) in [5.41, 5.74) is 3.98. The Morgan fingerprint density at radius 1 is 1.03 bits per heavy atom. The maximum atomic E-state index is 13.0. The predicted octanol–water partition coefficient (Wildman–Crippen LogP) is 5.55. The van der Waals surface area contributed by atoms with Gasteiger partial charge >= 0.3 is 12.1 Å². The fourth-order valence-electron chi connectivity index (χ4n) is 5.65. The Labute approximate surface area is 230 Å². The fraction of sp³-hybridized carbons (Fsp3) is 0.484. The Hall–Kier alpha value is -3.36. The molecule has 1 atom stereocenters. The molecule has 1 aromatic heterocycles. The lowest BCUT2D eigenvalue weighted by molar-refractivity contribution is 0.0542. The fourth-order valence-corrected chi connectivity index (χ4v) is 5.65. The molecule has 0 amide bonds. The number of esters is 1. The normalized spacial score (nSPS) is 18.8. The van der Waals surface area contributed by atoms with Gasteiger partial charge in [-0.25, -0.2) is 9.59 Å². The lowest BCUT2D eigenvalue weighted by atomic mass is 9.98. The molecule has 3 aromatic rings. The first-order chi connectivity index (χ1) is 18.6. The van der Waals surface area contributed by atoms with Crippen molar-refractivity contribution in [3.8, 4) is 5.75 Å². The smallest absolute Gasteiger partial charge is 0.419 e. The molecule has 0 spiro atoms. The van der Waals surface area contributed by atoms with E-state index in [1.54, 1.807) is 17.9 Å². The minimum Gasteiger partial charge on any atom is -0.496 e. The van der Waals surface area contributed by atoms with E-state index in [1.807, 2.05) is 64.1 Å². The second-order valence-electron chi connectivity index (χ2n) is 11.6. The molecule has 1 saturated heterocycles. The molecular formula is C31H39N3O5. The minimum atomic E-state index is -0.589. The van der Waals surface area contributed by atoms with Crippen LogP contribution in [0.5, 0.6) is 5.75 Å². The summed E-state index contributed by atoms with van der Waals surface area (Å²) >= 11 is 0. The predicted molar refractivity (Wildman–Crippen MR) is 150 cm³/mol. The van der Waals surface area contributed by atoms with Gasteiger partial charge in [0.25, 0.3) is 0 Å². The molecular weight excluding hydrogens is 494 g/mol. The van der Waals surface area contributed by atoms with Crippen LogP contribution in [-0.2, 0) is 16.0 Å². The number of hydrogen-bond acceptors (Lipinski definition) is 7. The van der Waals surface area contributed by atoms with Crippen LogP contribution in [0, 0.1) is 6.92 Å². The Morgan fingerprint density at radius 3 is 2.36 bits per heavy atom. The van der Waals surface area contributed by atoms with Crippen molar-refractivity contribution >= 4 is 23.0 Å². The van der Waals surface area contributed by atoms with Crippen molar-refractivity contribution in [2.75, 3.05) is 33.9 Å². The number of aryl methyl sites for hydroxylation is 1. The highest BCUT2D eigenvalue weighted by molar-refractivity contribution is 5.95. The van der Waals surface area contributed by atoms with Gasteiger partial charge in [-0.05, 0) is 75.9 Å². The zero-order valence-electron chi connectivity index (χ0n) is 23.8. The average molecular weight is 534 g/mol. The molecule has 1 aliphatic carbocycles. The number of ether oxygens (including phenoxy) is 3. The molecule has 2 aliphatic rings. The second kappa shape index (κ2) is 10.7. The van der Waals surface area contributed by atoms with Crippen LogP contribution < -0.4 is 4.74 Å². The summed E-state index contributed by atoms with van der Waals surface area (Å²) in [6.45, 7) is 11.1. The topological polar surface area (TPSA) is 73.2 Å². The number of hydrogen-bond donors (Lipinski definition) is 0. The highest BCUT2D eigenvalue weighted by Crippen LogP contribution is 2.38. The van der Waals surface area contributed by atoms with E-state index < -0.39 is 11.7 Å². The molecule has 1 saturated carbocycles. The molecule has 0 bridgehead atoms. The van der Waals surface area contributed by atoms with E-state index in [0.717, 1.165) is 47.4 Å². The van der Waals surface area contributed by atoms with Gasteiger partial charge in [0.1, 0.15) is 11.4 Å². The van der Waals surface area contributed by atoms with Crippen molar-refractivity contribution in [2.24, 2.45) is 0 Å². The summed E-state index contributed by atoms with van der Waals surface area (Å²) < 4.78 is 18.1. The van der Waals surface area contributed by atoms with Crippen LogP contribution in [0.4, 0.5) is 4.79 Å². The summed E-state index contributed by atoms with van der Waals surface area (Å²) in [6.07, 6.45) is 3.93. The number of carbonyl (C=O) groups is 2. The lowest BCUT2D eigenvalue weighted by Crippen LogP contribution is -2.48. The molecule has 2 heterocycles. The van der Waals surface area contributed by atoms with Crippen molar-refractivity contribution in [3.63, 3.8) is 0 Å². The van der Waals surface area contributed by atoms with Crippen LogP contribution in [0.1, 0.15) is 66.7 Å². The summed E-state index contributed by atoms with van der Waals surface area (Å²) in [5, 5.41) is 0.988. The zero-order valence-corrected chi connectivity index (χ0v) is 23.8. The van der Waals surface area contributed by atoms with Crippen LogP contribution in [0.25, 0.3) is 10.9 Å². The van der Waals surface area contributed by atoms with Gasteiger partial charge in [0.05, 0.1) is 25.3 Å². The molecule has 1 aliphatic heterocycles. The summed E-state index contributed by atoms with van der Waals surface area (Å²) in [4.78, 5) is 30.1. The molecule has 39 heavy (non-hydrogen) atoms. The first kappa shape index (κ1) is 27.2. The first-order valence-corrected chi connectivity index (χ1v) is 13.7. The van der Waals surface area contributed by atoms with Gasteiger partial charge in [-0.15, -0.1) is 0 Å². The van der Waals surface area contributed by atoms with Gasteiger partial charge in [0.15, 0.2) is 0 Å². The van der Waals surface area contributed by atoms with Crippen molar-refractivity contribution in [2.45, 2.75) is 64.8 Å². The first-order valence-electron chi connectivity index (χ1n) is 13.7. The molecule has 0 N–H and O–H groups in total. The van der Waals surface area contributed by atoms with Crippen LogP contribution in [0.15, 0.2) is 42.6 Å². The van der Waals surface area contributed by atoms with Crippen LogP contribution in [0.2, 0.25) is 0 Å². The van der Waals surface area contributed by atoms with Gasteiger partial charge in [-0.1, -0.05) is 12.1 Å². The Morgan fingerprint density at radius 2 is 1.74 bits per heavy atom. The quantitative estimate of drug-likeness (QED) is 0.385. The minimum absolute atomic E-state index is 0.153. The van der Waals surface area contributed by atoms with E-state index >= 15 is 0 Å². The third-order valence-corrected chi connectivity index (χ3v) is 7.70. The SMILES string of the molecule is COC(=O)c1ccc(C2CN(C3CC3)CCN2Cc2c(OC)cc(C)c3c2ccn3C(=O)OC(C)(C)C)cc1. The second-order valence-corrected chi connectivity index (χ2v) is 11.6. The van der Waals surface area contributed by atoms with Gasteiger partial charge < -0.3 is 14.2 Å². The Kier molecular flexibility index (Phi) is 7.44.